The Morgan fingerprint density at radius 3 is 2.96 bits per heavy atom. The van der Waals surface area contributed by atoms with Gasteiger partial charge in [0.15, 0.2) is 0 Å². The molecule has 3 rings (SSSR count). The van der Waals surface area contributed by atoms with Crippen molar-refractivity contribution in [1.29, 1.82) is 0 Å². The molecule has 142 valence electrons. The Morgan fingerprint density at radius 1 is 1.30 bits per heavy atom. The first-order valence-electron chi connectivity index (χ1n) is 9.04. The number of nitrogens with zero attached hydrogens (tertiary/aromatic N) is 2. The Labute approximate surface area is 158 Å². The lowest BCUT2D eigenvalue weighted by Gasteiger charge is -2.21. The van der Waals surface area contributed by atoms with E-state index in [9.17, 15) is 14.7 Å². The van der Waals surface area contributed by atoms with Gasteiger partial charge in [0.25, 0.3) is 0 Å². The molecule has 2 heterocycles. The lowest BCUT2D eigenvalue weighted by atomic mass is 10.0. The van der Waals surface area contributed by atoms with Crippen LogP contribution in [0.15, 0.2) is 42.7 Å². The molecule has 2 N–H and O–H groups in total. The zero-order chi connectivity index (χ0) is 19.1. The third kappa shape index (κ3) is 5.04. The average Bonchev–Trinajstić information content (AvgIpc) is 2.70. The van der Waals surface area contributed by atoms with Crippen LogP contribution in [0.1, 0.15) is 24.8 Å². The van der Waals surface area contributed by atoms with E-state index in [1.165, 1.54) is 4.90 Å². The van der Waals surface area contributed by atoms with Crippen LogP contribution >= 0.6 is 0 Å². The number of benzene rings is 1. The number of anilines is 2. The van der Waals surface area contributed by atoms with Crippen LogP contribution in [-0.2, 0) is 16.0 Å². The van der Waals surface area contributed by atoms with Crippen molar-refractivity contribution in [3.8, 4) is 5.75 Å². The number of ether oxygens (including phenoxy) is 1. The molecule has 0 fully saturated rings. The van der Waals surface area contributed by atoms with E-state index in [1.807, 2.05) is 18.2 Å². The Bertz CT molecular complexity index is 795. The molecule has 0 atom stereocenters. The quantitative estimate of drug-likeness (QED) is 0.696. The summed E-state index contributed by atoms with van der Waals surface area (Å²) in [6.45, 7) is 0.543. The van der Waals surface area contributed by atoms with E-state index < -0.39 is 0 Å². The van der Waals surface area contributed by atoms with E-state index in [1.54, 1.807) is 24.5 Å². The van der Waals surface area contributed by atoms with E-state index in [4.69, 9.17) is 4.74 Å². The highest BCUT2D eigenvalue weighted by Gasteiger charge is 2.16. The molecule has 0 saturated heterocycles. The van der Waals surface area contributed by atoms with Gasteiger partial charge < -0.3 is 20.1 Å². The number of aryl methyl sites for hydroxylation is 1. The van der Waals surface area contributed by atoms with E-state index >= 15 is 0 Å². The molecular weight excluding hydrogens is 346 g/mol. The lowest BCUT2D eigenvalue weighted by Crippen LogP contribution is -2.33. The highest BCUT2D eigenvalue weighted by atomic mass is 16.5. The first-order chi connectivity index (χ1) is 13.2. The standard InChI is InChI=1S/C20H23N3O4/c24-11-10-23(16-3-1-9-21-14-16)20(26)4-2-12-27-17-6-7-18-15(13-17)5-8-19(25)22-18/h1,3,6-7,9,13-14,24H,2,4-5,8,10-12H2,(H,22,25). The number of aromatic nitrogens is 1. The van der Waals surface area contributed by atoms with Crippen LogP contribution in [0.5, 0.6) is 5.75 Å². The van der Waals surface area contributed by atoms with E-state index in [0.29, 0.717) is 38.0 Å². The summed E-state index contributed by atoms with van der Waals surface area (Å²) >= 11 is 0. The zero-order valence-electron chi connectivity index (χ0n) is 15.1. The number of amides is 2. The van der Waals surface area contributed by atoms with Gasteiger partial charge in [0, 0.05) is 31.3 Å². The molecule has 1 aromatic heterocycles. The van der Waals surface area contributed by atoms with Crippen LogP contribution in [0.2, 0.25) is 0 Å². The lowest BCUT2D eigenvalue weighted by molar-refractivity contribution is -0.119. The molecule has 7 heteroatoms. The van der Waals surface area contributed by atoms with Gasteiger partial charge in [-0.05, 0) is 48.7 Å². The summed E-state index contributed by atoms with van der Waals surface area (Å²) < 4.78 is 5.75. The molecule has 0 bridgehead atoms. The summed E-state index contributed by atoms with van der Waals surface area (Å²) in [5.41, 5.74) is 2.58. The van der Waals surface area contributed by atoms with Crippen LogP contribution in [0.3, 0.4) is 0 Å². The minimum absolute atomic E-state index is 0.0377. The number of hydrogen-bond acceptors (Lipinski definition) is 5. The van der Waals surface area contributed by atoms with Gasteiger partial charge in [0.1, 0.15) is 5.75 Å². The van der Waals surface area contributed by atoms with E-state index in [0.717, 1.165) is 17.0 Å². The fraction of sp³-hybridized carbons (Fsp3) is 0.350. The maximum atomic E-state index is 12.5. The third-order valence-electron chi connectivity index (χ3n) is 4.36. The number of aliphatic hydroxyl groups is 1. The minimum Gasteiger partial charge on any atom is -0.494 e. The van der Waals surface area contributed by atoms with Crippen molar-refractivity contribution in [3.05, 3.63) is 48.3 Å². The van der Waals surface area contributed by atoms with Crippen molar-refractivity contribution in [2.75, 3.05) is 30.0 Å². The number of rotatable bonds is 8. The molecular formula is C20H23N3O4. The second kappa shape index (κ2) is 9.14. The number of fused-ring (bicyclic) bond motifs is 1. The largest absolute Gasteiger partial charge is 0.494 e. The van der Waals surface area contributed by atoms with Gasteiger partial charge in [0.2, 0.25) is 11.8 Å². The van der Waals surface area contributed by atoms with Crippen LogP contribution < -0.4 is 15.0 Å². The van der Waals surface area contributed by atoms with Crippen molar-refractivity contribution < 1.29 is 19.4 Å². The van der Waals surface area contributed by atoms with Crippen LogP contribution in [0.4, 0.5) is 11.4 Å². The predicted octanol–water partition coefficient (Wildman–Crippen LogP) is 2.15. The number of hydrogen-bond donors (Lipinski definition) is 2. The van der Waals surface area contributed by atoms with E-state index in [2.05, 4.69) is 10.3 Å². The van der Waals surface area contributed by atoms with Gasteiger partial charge >= 0.3 is 0 Å². The fourth-order valence-corrected chi connectivity index (χ4v) is 3.01. The number of pyridine rings is 1. The maximum absolute atomic E-state index is 12.5. The molecule has 1 aliphatic rings. The zero-order valence-corrected chi connectivity index (χ0v) is 15.1. The minimum atomic E-state index is -0.108. The van der Waals surface area contributed by atoms with Crippen molar-refractivity contribution in [1.82, 2.24) is 4.98 Å². The summed E-state index contributed by atoms with van der Waals surface area (Å²) in [6.07, 6.45) is 5.32. The van der Waals surface area contributed by atoms with Gasteiger partial charge in [0.05, 0.1) is 25.1 Å². The SMILES string of the molecule is O=C1CCc2cc(OCCCC(=O)N(CCO)c3cccnc3)ccc2N1. The monoisotopic (exact) mass is 369 g/mol. The van der Waals surface area contributed by atoms with Crippen molar-refractivity contribution in [2.45, 2.75) is 25.7 Å². The number of carbonyl (C=O) groups excluding carboxylic acids is 2. The molecule has 0 saturated carbocycles. The summed E-state index contributed by atoms with van der Waals surface area (Å²) in [7, 11) is 0. The molecule has 1 aromatic carbocycles. The van der Waals surface area contributed by atoms with Gasteiger partial charge in [-0.15, -0.1) is 0 Å². The summed E-state index contributed by atoms with van der Waals surface area (Å²) in [6, 6.07) is 9.15. The first-order valence-corrected chi connectivity index (χ1v) is 9.04. The Kier molecular flexibility index (Phi) is 6.38. The first kappa shape index (κ1) is 18.8. The Morgan fingerprint density at radius 2 is 2.19 bits per heavy atom. The Hall–Kier alpha value is -2.93. The van der Waals surface area contributed by atoms with Gasteiger partial charge in [-0.2, -0.15) is 0 Å². The van der Waals surface area contributed by atoms with Gasteiger partial charge in [-0.3, -0.25) is 14.6 Å². The molecule has 2 aromatic rings. The highest BCUT2D eigenvalue weighted by Crippen LogP contribution is 2.27. The van der Waals surface area contributed by atoms with Crippen molar-refractivity contribution in [3.63, 3.8) is 0 Å². The molecule has 0 unspecified atom stereocenters. The molecule has 0 aliphatic carbocycles. The van der Waals surface area contributed by atoms with E-state index in [-0.39, 0.29) is 25.0 Å². The third-order valence-corrected chi connectivity index (χ3v) is 4.36. The average molecular weight is 369 g/mol. The highest BCUT2D eigenvalue weighted by molar-refractivity contribution is 5.94. The van der Waals surface area contributed by atoms with Gasteiger partial charge in [-0.25, -0.2) is 0 Å². The summed E-state index contributed by atoms with van der Waals surface area (Å²) in [4.78, 5) is 29.4. The number of carbonyl (C=O) groups is 2. The van der Waals surface area contributed by atoms with Gasteiger partial charge in [-0.1, -0.05) is 0 Å². The molecule has 7 nitrogen and oxygen atoms in total. The normalized spacial score (nSPS) is 12.9. The molecule has 0 radical (unpaired) electrons. The summed E-state index contributed by atoms with van der Waals surface area (Å²) in [5, 5.41) is 12.1. The molecule has 27 heavy (non-hydrogen) atoms. The summed E-state index contributed by atoms with van der Waals surface area (Å²) in [5.74, 6) is 0.696. The molecule has 0 spiro atoms. The fourth-order valence-electron chi connectivity index (χ4n) is 3.01. The van der Waals surface area contributed by atoms with Crippen LogP contribution in [0.25, 0.3) is 0 Å². The maximum Gasteiger partial charge on any atom is 0.227 e. The second-order valence-electron chi connectivity index (χ2n) is 6.30. The van der Waals surface area contributed by atoms with Crippen LogP contribution in [0, 0.1) is 0 Å². The van der Waals surface area contributed by atoms with Crippen LogP contribution in [-0.4, -0.2) is 41.7 Å². The topological polar surface area (TPSA) is 91.8 Å². The predicted molar refractivity (Wildman–Crippen MR) is 102 cm³/mol. The number of aliphatic hydroxyl groups excluding tert-OH is 1. The molecule has 2 amide bonds. The van der Waals surface area contributed by atoms with Crippen molar-refractivity contribution >= 4 is 23.2 Å². The second-order valence-corrected chi connectivity index (χ2v) is 6.30. The van der Waals surface area contributed by atoms with Crippen molar-refractivity contribution in [2.24, 2.45) is 0 Å². The molecule has 1 aliphatic heterocycles. The Balaban J connectivity index is 1.49. The smallest absolute Gasteiger partial charge is 0.227 e. The number of nitrogens with one attached hydrogen (secondary N) is 1.